The van der Waals surface area contributed by atoms with Gasteiger partial charge in [-0.1, -0.05) is 26.0 Å². The number of hydrogen-bond donors (Lipinski definition) is 2. The first-order valence-electron chi connectivity index (χ1n) is 7.73. The van der Waals surface area contributed by atoms with Gasteiger partial charge in [0.25, 0.3) is 0 Å². The van der Waals surface area contributed by atoms with Crippen LogP contribution in [0.25, 0.3) is 0 Å². The van der Waals surface area contributed by atoms with Gasteiger partial charge in [-0.25, -0.2) is 12.7 Å². The summed E-state index contributed by atoms with van der Waals surface area (Å²) in [5, 5.41) is 6.48. The fourth-order valence-electron chi connectivity index (χ4n) is 1.88. The number of benzene rings is 1. The van der Waals surface area contributed by atoms with Crippen LogP contribution in [0, 0.1) is 5.92 Å². The third-order valence-electron chi connectivity index (χ3n) is 3.40. The third-order valence-corrected chi connectivity index (χ3v) is 5.23. The molecule has 0 amide bonds. The van der Waals surface area contributed by atoms with Gasteiger partial charge in [-0.15, -0.1) is 0 Å². The minimum absolute atomic E-state index is 0.297. The number of nitrogens with one attached hydrogen (secondary N) is 2. The van der Waals surface area contributed by atoms with Crippen molar-refractivity contribution in [2.45, 2.75) is 31.7 Å². The molecule has 130 valence electrons. The molecule has 0 atom stereocenters. The molecule has 0 aromatic heterocycles. The molecule has 0 heterocycles. The van der Waals surface area contributed by atoms with E-state index in [4.69, 9.17) is 0 Å². The average molecular weight is 340 g/mol. The highest BCUT2D eigenvalue weighted by Crippen LogP contribution is 2.13. The molecular formula is C16H28N4O2S. The molecule has 0 spiro atoms. The van der Waals surface area contributed by atoms with Crippen LogP contribution >= 0.6 is 0 Å². The van der Waals surface area contributed by atoms with Crippen LogP contribution in [0.3, 0.4) is 0 Å². The second-order valence-corrected chi connectivity index (χ2v) is 8.12. The first-order valence-corrected chi connectivity index (χ1v) is 9.17. The van der Waals surface area contributed by atoms with Gasteiger partial charge >= 0.3 is 0 Å². The van der Waals surface area contributed by atoms with Gasteiger partial charge in [-0.2, -0.15) is 0 Å². The van der Waals surface area contributed by atoms with Crippen molar-refractivity contribution in [3.05, 3.63) is 29.8 Å². The molecular weight excluding hydrogens is 312 g/mol. The van der Waals surface area contributed by atoms with Crippen molar-refractivity contribution in [1.29, 1.82) is 0 Å². The van der Waals surface area contributed by atoms with Gasteiger partial charge in [0.15, 0.2) is 5.96 Å². The zero-order valence-electron chi connectivity index (χ0n) is 14.6. The molecule has 6 nitrogen and oxygen atoms in total. The number of sulfonamides is 1. The van der Waals surface area contributed by atoms with E-state index in [9.17, 15) is 8.42 Å². The lowest BCUT2D eigenvalue weighted by Crippen LogP contribution is -2.37. The van der Waals surface area contributed by atoms with Crippen molar-refractivity contribution in [1.82, 2.24) is 14.9 Å². The van der Waals surface area contributed by atoms with E-state index in [0.717, 1.165) is 24.5 Å². The fraction of sp³-hybridized carbons (Fsp3) is 0.562. The SMILES string of the molecule is CN=C(NCCC(C)C)NCc1ccc(S(=O)(=O)N(C)C)cc1. The van der Waals surface area contributed by atoms with Crippen LogP contribution in [-0.4, -0.2) is 46.4 Å². The molecule has 0 aliphatic rings. The van der Waals surface area contributed by atoms with E-state index in [1.165, 1.54) is 18.4 Å². The minimum atomic E-state index is -3.37. The van der Waals surface area contributed by atoms with Crippen LogP contribution in [0.5, 0.6) is 0 Å². The Bertz CT molecular complexity index is 607. The van der Waals surface area contributed by atoms with E-state index in [-0.39, 0.29) is 0 Å². The van der Waals surface area contributed by atoms with Crippen LogP contribution < -0.4 is 10.6 Å². The summed E-state index contributed by atoms with van der Waals surface area (Å²) in [6.07, 6.45) is 1.08. The van der Waals surface area contributed by atoms with E-state index < -0.39 is 10.0 Å². The molecule has 1 aromatic rings. The Morgan fingerprint density at radius 1 is 1.17 bits per heavy atom. The van der Waals surface area contributed by atoms with E-state index in [1.807, 2.05) is 12.1 Å². The molecule has 0 aliphatic carbocycles. The predicted octanol–water partition coefficient (Wildman–Crippen LogP) is 1.65. The highest BCUT2D eigenvalue weighted by molar-refractivity contribution is 7.89. The van der Waals surface area contributed by atoms with Crippen molar-refractivity contribution < 1.29 is 8.42 Å². The number of rotatable bonds is 7. The summed E-state index contributed by atoms with van der Waals surface area (Å²) < 4.78 is 25.2. The lowest BCUT2D eigenvalue weighted by Gasteiger charge is -2.14. The normalized spacial score (nSPS) is 12.7. The zero-order valence-corrected chi connectivity index (χ0v) is 15.4. The molecule has 0 saturated carbocycles. The van der Waals surface area contributed by atoms with Gasteiger partial charge in [0.05, 0.1) is 4.90 Å². The summed E-state index contributed by atoms with van der Waals surface area (Å²) in [6, 6.07) is 6.87. The van der Waals surface area contributed by atoms with Crippen molar-refractivity contribution in [2.75, 3.05) is 27.7 Å². The molecule has 0 unspecified atom stereocenters. The zero-order chi connectivity index (χ0) is 17.5. The second kappa shape index (κ2) is 8.88. The van der Waals surface area contributed by atoms with Crippen molar-refractivity contribution in [3.63, 3.8) is 0 Å². The Balaban J connectivity index is 2.58. The van der Waals surface area contributed by atoms with E-state index in [1.54, 1.807) is 19.2 Å². The van der Waals surface area contributed by atoms with Gasteiger partial charge in [-0.3, -0.25) is 4.99 Å². The molecule has 0 radical (unpaired) electrons. The molecule has 1 aromatic carbocycles. The Hall–Kier alpha value is -1.60. The number of guanidine groups is 1. The highest BCUT2D eigenvalue weighted by Gasteiger charge is 2.16. The van der Waals surface area contributed by atoms with E-state index in [0.29, 0.717) is 17.4 Å². The predicted molar refractivity (Wildman–Crippen MR) is 95.0 cm³/mol. The second-order valence-electron chi connectivity index (χ2n) is 5.97. The summed E-state index contributed by atoms with van der Waals surface area (Å²) >= 11 is 0. The van der Waals surface area contributed by atoms with Crippen molar-refractivity contribution >= 4 is 16.0 Å². The fourth-order valence-corrected chi connectivity index (χ4v) is 2.78. The summed E-state index contributed by atoms with van der Waals surface area (Å²) in [5.74, 6) is 1.39. The van der Waals surface area contributed by atoms with E-state index in [2.05, 4.69) is 29.5 Å². The topological polar surface area (TPSA) is 73.8 Å². The standard InChI is InChI=1S/C16H28N4O2S/c1-13(2)10-11-18-16(17-3)19-12-14-6-8-15(9-7-14)23(21,22)20(4)5/h6-9,13H,10-12H2,1-5H3,(H2,17,18,19). The van der Waals surface area contributed by atoms with Gasteiger partial charge in [0.2, 0.25) is 10.0 Å². The molecule has 0 fully saturated rings. The third kappa shape index (κ3) is 6.19. The highest BCUT2D eigenvalue weighted by atomic mass is 32.2. The Morgan fingerprint density at radius 2 is 1.78 bits per heavy atom. The van der Waals surface area contributed by atoms with Crippen LogP contribution in [0.15, 0.2) is 34.2 Å². The van der Waals surface area contributed by atoms with Crippen LogP contribution in [0.4, 0.5) is 0 Å². The lowest BCUT2D eigenvalue weighted by atomic mass is 10.1. The molecule has 0 bridgehead atoms. The lowest BCUT2D eigenvalue weighted by molar-refractivity contribution is 0.520. The molecule has 0 aliphatic heterocycles. The van der Waals surface area contributed by atoms with Crippen molar-refractivity contribution in [2.24, 2.45) is 10.9 Å². The number of hydrogen-bond acceptors (Lipinski definition) is 3. The maximum atomic E-state index is 12.0. The largest absolute Gasteiger partial charge is 0.356 e. The summed E-state index contributed by atoms with van der Waals surface area (Å²) in [7, 11) is 1.41. The Morgan fingerprint density at radius 3 is 2.26 bits per heavy atom. The molecule has 1 rings (SSSR count). The van der Waals surface area contributed by atoms with Gasteiger partial charge in [-0.05, 0) is 30.0 Å². The summed E-state index contributed by atoms with van der Waals surface area (Å²) in [6.45, 7) is 5.82. The van der Waals surface area contributed by atoms with Crippen LogP contribution in [-0.2, 0) is 16.6 Å². The van der Waals surface area contributed by atoms with Gasteiger partial charge < -0.3 is 10.6 Å². The van der Waals surface area contributed by atoms with E-state index >= 15 is 0 Å². The van der Waals surface area contributed by atoms with Gasteiger partial charge in [0.1, 0.15) is 0 Å². The monoisotopic (exact) mass is 340 g/mol. The molecule has 7 heteroatoms. The quantitative estimate of drug-likeness (QED) is 0.585. The number of aliphatic imine (C=N–C) groups is 1. The first kappa shape index (κ1) is 19.4. The molecule has 2 N–H and O–H groups in total. The Kier molecular flexibility index (Phi) is 7.51. The maximum Gasteiger partial charge on any atom is 0.242 e. The summed E-state index contributed by atoms with van der Waals surface area (Å²) in [5.41, 5.74) is 0.995. The van der Waals surface area contributed by atoms with Crippen LogP contribution in [0.1, 0.15) is 25.8 Å². The maximum absolute atomic E-state index is 12.0. The molecule has 23 heavy (non-hydrogen) atoms. The minimum Gasteiger partial charge on any atom is -0.356 e. The molecule has 0 saturated heterocycles. The first-order chi connectivity index (χ1) is 10.8. The number of nitrogens with zero attached hydrogens (tertiary/aromatic N) is 2. The average Bonchev–Trinajstić information content (AvgIpc) is 2.50. The smallest absolute Gasteiger partial charge is 0.242 e. The Labute approximate surface area is 140 Å². The summed E-state index contributed by atoms with van der Waals surface area (Å²) in [4.78, 5) is 4.47. The van der Waals surface area contributed by atoms with Crippen LogP contribution in [0.2, 0.25) is 0 Å². The van der Waals surface area contributed by atoms with Crippen molar-refractivity contribution in [3.8, 4) is 0 Å². The van der Waals surface area contributed by atoms with Gasteiger partial charge in [0, 0.05) is 34.2 Å².